The Morgan fingerprint density at radius 2 is 2.06 bits per heavy atom. The molecule has 2 aromatic rings. The summed E-state index contributed by atoms with van der Waals surface area (Å²) in [7, 11) is 0. The van der Waals surface area contributed by atoms with Gasteiger partial charge in [-0.1, -0.05) is 53.0 Å². The van der Waals surface area contributed by atoms with Gasteiger partial charge in [0.1, 0.15) is 0 Å². The van der Waals surface area contributed by atoms with E-state index in [2.05, 4.69) is 25.1 Å². The molecule has 0 saturated carbocycles. The fraction of sp³-hybridized carbons (Fsp3) is 0.231. The molecular formula is C13H13Cl2NS. The summed E-state index contributed by atoms with van der Waals surface area (Å²) >= 11 is 13.4. The van der Waals surface area contributed by atoms with E-state index in [4.69, 9.17) is 28.9 Å². The van der Waals surface area contributed by atoms with E-state index in [-0.39, 0.29) is 6.04 Å². The maximum Gasteiger partial charge on any atom is 0.0992 e. The van der Waals surface area contributed by atoms with Crippen LogP contribution in [-0.2, 0) is 6.42 Å². The lowest BCUT2D eigenvalue weighted by molar-refractivity contribution is 0.725. The molecule has 0 radical (unpaired) electrons. The summed E-state index contributed by atoms with van der Waals surface area (Å²) in [6.07, 6.45) is 0.772. The van der Waals surface area contributed by atoms with Gasteiger partial charge in [0.25, 0.3) is 0 Å². The molecule has 2 N–H and O–H groups in total. The molecule has 0 saturated heterocycles. The molecule has 0 aliphatic carbocycles. The average Bonchev–Trinajstić information content (AvgIpc) is 2.58. The monoisotopic (exact) mass is 285 g/mol. The van der Waals surface area contributed by atoms with Crippen LogP contribution >= 0.6 is 34.5 Å². The Balaban J connectivity index is 2.16. The van der Waals surface area contributed by atoms with E-state index in [0.29, 0.717) is 8.67 Å². The lowest BCUT2D eigenvalue weighted by Gasteiger charge is -2.11. The molecule has 90 valence electrons. The van der Waals surface area contributed by atoms with Crippen LogP contribution in [0.5, 0.6) is 0 Å². The summed E-state index contributed by atoms with van der Waals surface area (Å²) in [6, 6.07) is 10.1. The fourth-order valence-electron chi connectivity index (χ4n) is 1.81. The number of aryl methyl sites for hydroxylation is 1. The second-order valence-corrected chi connectivity index (χ2v) is 6.36. The summed E-state index contributed by atoms with van der Waals surface area (Å²) in [5.74, 6) is 0. The number of halogens is 2. The standard InChI is InChI=1S/C13H13Cl2NS/c1-8-3-2-4-9(5-8)6-11(16)10-7-12(14)17-13(10)15/h2-5,7,11H,6,16H2,1H3. The molecule has 1 aromatic carbocycles. The Bertz CT molecular complexity index is 522. The quantitative estimate of drug-likeness (QED) is 0.876. The van der Waals surface area contributed by atoms with E-state index in [0.717, 1.165) is 12.0 Å². The van der Waals surface area contributed by atoms with E-state index < -0.39 is 0 Å². The smallest absolute Gasteiger partial charge is 0.0992 e. The zero-order valence-electron chi connectivity index (χ0n) is 9.41. The summed E-state index contributed by atoms with van der Waals surface area (Å²) in [6.45, 7) is 2.07. The van der Waals surface area contributed by atoms with Crippen LogP contribution < -0.4 is 5.73 Å². The van der Waals surface area contributed by atoms with Gasteiger partial charge >= 0.3 is 0 Å². The van der Waals surface area contributed by atoms with E-state index in [1.807, 2.05) is 12.1 Å². The highest BCUT2D eigenvalue weighted by Gasteiger charge is 2.14. The van der Waals surface area contributed by atoms with Gasteiger partial charge in [-0.05, 0) is 25.0 Å². The maximum absolute atomic E-state index is 6.15. The molecule has 1 aromatic heterocycles. The third-order valence-corrected chi connectivity index (χ3v) is 4.14. The first kappa shape index (κ1) is 12.9. The van der Waals surface area contributed by atoms with E-state index in [1.165, 1.54) is 22.5 Å². The molecule has 0 fully saturated rings. The van der Waals surface area contributed by atoms with E-state index in [9.17, 15) is 0 Å². The largest absolute Gasteiger partial charge is 0.324 e. The number of rotatable bonds is 3. The van der Waals surface area contributed by atoms with Crippen LogP contribution in [0.4, 0.5) is 0 Å². The summed E-state index contributed by atoms with van der Waals surface area (Å²) < 4.78 is 1.37. The van der Waals surface area contributed by atoms with E-state index >= 15 is 0 Å². The molecule has 0 spiro atoms. The zero-order chi connectivity index (χ0) is 12.4. The number of thiophene rings is 1. The van der Waals surface area contributed by atoms with Crippen LogP contribution in [0.1, 0.15) is 22.7 Å². The van der Waals surface area contributed by atoms with Crippen LogP contribution in [0.3, 0.4) is 0 Å². The van der Waals surface area contributed by atoms with Crippen molar-refractivity contribution < 1.29 is 0 Å². The van der Waals surface area contributed by atoms with Crippen molar-refractivity contribution >= 4 is 34.5 Å². The molecule has 1 unspecified atom stereocenters. The normalized spacial score (nSPS) is 12.7. The van der Waals surface area contributed by atoms with Crippen LogP contribution in [0.15, 0.2) is 30.3 Å². The van der Waals surface area contributed by atoms with Crippen molar-refractivity contribution in [2.45, 2.75) is 19.4 Å². The van der Waals surface area contributed by atoms with Gasteiger partial charge in [-0.2, -0.15) is 0 Å². The van der Waals surface area contributed by atoms with Gasteiger partial charge in [0.2, 0.25) is 0 Å². The second kappa shape index (κ2) is 5.40. The van der Waals surface area contributed by atoms with Gasteiger partial charge < -0.3 is 5.73 Å². The SMILES string of the molecule is Cc1cccc(CC(N)c2cc(Cl)sc2Cl)c1. The van der Waals surface area contributed by atoms with Crippen LogP contribution in [-0.4, -0.2) is 0 Å². The second-order valence-electron chi connectivity index (χ2n) is 4.08. The molecule has 1 nitrogen and oxygen atoms in total. The highest BCUT2D eigenvalue weighted by molar-refractivity contribution is 7.20. The van der Waals surface area contributed by atoms with Crippen molar-refractivity contribution in [2.24, 2.45) is 5.73 Å². The molecule has 1 heterocycles. The first-order valence-corrected chi connectivity index (χ1v) is 6.89. The lowest BCUT2D eigenvalue weighted by Crippen LogP contribution is -2.12. The Morgan fingerprint density at radius 3 is 2.65 bits per heavy atom. The molecule has 2 rings (SSSR count). The Hall–Kier alpha value is -0.540. The van der Waals surface area contributed by atoms with Crippen LogP contribution in [0.2, 0.25) is 8.67 Å². The predicted octanol–water partition coefficient (Wildman–Crippen LogP) is 4.61. The molecule has 17 heavy (non-hydrogen) atoms. The third kappa shape index (κ3) is 3.23. The molecular weight excluding hydrogens is 273 g/mol. The van der Waals surface area contributed by atoms with E-state index in [1.54, 1.807) is 0 Å². The number of nitrogens with two attached hydrogens (primary N) is 1. The van der Waals surface area contributed by atoms with Gasteiger partial charge in [0.15, 0.2) is 0 Å². The molecule has 1 atom stereocenters. The number of hydrogen-bond donors (Lipinski definition) is 1. The Morgan fingerprint density at radius 1 is 1.29 bits per heavy atom. The van der Waals surface area contributed by atoms with Crippen molar-refractivity contribution in [1.82, 2.24) is 0 Å². The minimum atomic E-state index is -0.104. The molecule has 0 aliphatic heterocycles. The predicted molar refractivity (Wildman–Crippen MR) is 76.2 cm³/mol. The van der Waals surface area contributed by atoms with Crippen molar-refractivity contribution in [1.29, 1.82) is 0 Å². The topological polar surface area (TPSA) is 26.0 Å². The average molecular weight is 286 g/mol. The van der Waals surface area contributed by atoms with Crippen molar-refractivity contribution in [3.05, 3.63) is 55.7 Å². The third-order valence-electron chi connectivity index (χ3n) is 2.62. The van der Waals surface area contributed by atoms with Crippen molar-refractivity contribution in [3.8, 4) is 0 Å². The fourth-order valence-corrected chi connectivity index (χ4v) is 3.41. The van der Waals surface area contributed by atoms with Gasteiger partial charge in [-0.3, -0.25) is 0 Å². The van der Waals surface area contributed by atoms with Crippen LogP contribution in [0.25, 0.3) is 0 Å². The van der Waals surface area contributed by atoms with Gasteiger partial charge in [0, 0.05) is 11.6 Å². The van der Waals surface area contributed by atoms with Crippen LogP contribution in [0, 0.1) is 6.92 Å². The number of benzene rings is 1. The van der Waals surface area contributed by atoms with Gasteiger partial charge in [-0.25, -0.2) is 0 Å². The Labute approximate surface area is 115 Å². The van der Waals surface area contributed by atoms with Gasteiger partial charge in [-0.15, -0.1) is 11.3 Å². The molecule has 0 aliphatic rings. The van der Waals surface area contributed by atoms with Crippen molar-refractivity contribution in [2.75, 3.05) is 0 Å². The lowest BCUT2D eigenvalue weighted by atomic mass is 10.0. The first-order valence-electron chi connectivity index (χ1n) is 5.32. The van der Waals surface area contributed by atoms with Crippen molar-refractivity contribution in [3.63, 3.8) is 0 Å². The molecule has 0 amide bonds. The zero-order valence-corrected chi connectivity index (χ0v) is 11.7. The van der Waals surface area contributed by atoms with Gasteiger partial charge in [0.05, 0.1) is 8.67 Å². The maximum atomic E-state index is 6.15. The molecule has 0 bridgehead atoms. The summed E-state index contributed by atoms with van der Waals surface area (Å²) in [5, 5.41) is 0. The highest BCUT2D eigenvalue weighted by Crippen LogP contribution is 2.35. The Kier molecular flexibility index (Phi) is 4.10. The minimum absolute atomic E-state index is 0.104. The summed E-state index contributed by atoms with van der Waals surface area (Å²) in [4.78, 5) is 0. The molecule has 4 heteroatoms. The number of hydrogen-bond acceptors (Lipinski definition) is 2. The highest BCUT2D eigenvalue weighted by atomic mass is 35.5. The first-order chi connectivity index (χ1) is 8.06. The minimum Gasteiger partial charge on any atom is -0.324 e. The summed E-state index contributed by atoms with van der Waals surface area (Å²) in [5.41, 5.74) is 9.55.